The third-order valence-electron chi connectivity index (χ3n) is 3.75. The maximum Gasteiger partial charge on any atom is 0.262 e. The highest BCUT2D eigenvalue weighted by atomic mass is 32.2. The van der Waals surface area contributed by atoms with E-state index in [9.17, 15) is 13.2 Å². The van der Waals surface area contributed by atoms with E-state index in [2.05, 4.69) is 4.98 Å². The quantitative estimate of drug-likeness (QED) is 0.497. The van der Waals surface area contributed by atoms with Gasteiger partial charge in [0.25, 0.3) is 5.91 Å². The van der Waals surface area contributed by atoms with Crippen molar-refractivity contribution in [2.75, 3.05) is 6.54 Å². The minimum absolute atomic E-state index is 0.0749. The first-order valence-electron chi connectivity index (χ1n) is 6.99. The van der Waals surface area contributed by atoms with E-state index in [1.165, 1.54) is 17.6 Å². The van der Waals surface area contributed by atoms with E-state index >= 15 is 0 Å². The van der Waals surface area contributed by atoms with Crippen molar-refractivity contribution in [3.8, 4) is 0 Å². The zero-order valence-electron chi connectivity index (χ0n) is 12.1. The molecule has 0 saturated carbocycles. The first kappa shape index (κ1) is 15.6. The van der Waals surface area contributed by atoms with Crippen molar-refractivity contribution in [1.29, 1.82) is 0 Å². The Morgan fingerprint density at radius 3 is 2.91 bits per heavy atom. The Kier molecular flexibility index (Phi) is 4.12. The minimum atomic E-state index is -3.88. The van der Waals surface area contributed by atoms with Gasteiger partial charge in [0, 0.05) is 18.1 Å². The van der Waals surface area contributed by atoms with Crippen LogP contribution in [0.4, 0.5) is 0 Å². The van der Waals surface area contributed by atoms with Crippen LogP contribution in [0.5, 0.6) is 0 Å². The lowest BCUT2D eigenvalue weighted by Gasteiger charge is -2.30. The number of carbonyl (C=O) groups is 1. The van der Waals surface area contributed by atoms with Crippen molar-refractivity contribution in [3.05, 3.63) is 48.7 Å². The lowest BCUT2D eigenvalue weighted by molar-refractivity contribution is -0.133. The van der Waals surface area contributed by atoms with Crippen LogP contribution in [0.2, 0.25) is 0 Å². The predicted molar refractivity (Wildman–Crippen MR) is 83.1 cm³/mol. The molecule has 1 unspecified atom stereocenters. The number of benzene rings is 1. The van der Waals surface area contributed by atoms with Gasteiger partial charge in [-0.15, -0.1) is 0 Å². The van der Waals surface area contributed by atoms with Gasteiger partial charge < -0.3 is 0 Å². The summed E-state index contributed by atoms with van der Waals surface area (Å²) in [6, 6.07) is 7.16. The Hall–Kier alpha value is -2.29. The van der Waals surface area contributed by atoms with Gasteiger partial charge in [0.05, 0.1) is 10.4 Å². The lowest BCUT2D eigenvalue weighted by atomic mass is 10.1. The van der Waals surface area contributed by atoms with E-state index in [0.29, 0.717) is 10.9 Å². The maximum atomic E-state index is 12.9. The molecule has 23 heavy (non-hydrogen) atoms. The molecule has 1 atom stereocenters. The summed E-state index contributed by atoms with van der Waals surface area (Å²) in [6.45, 7) is 0.0749. The van der Waals surface area contributed by atoms with Crippen molar-refractivity contribution in [2.45, 2.75) is 17.4 Å². The molecule has 8 heteroatoms. The van der Waals surface area contributed by atoms with Gasteiger partial charge in [-0.3, -0.25) is 15.0 Å². The summed E-state index contributed by atoms with van der Waals surface area (Å²) in [6.07, 6.45) is 5.24. The molecule has 1 aromatic carbocycles. The third-order valence-corrected chi connectivity index (χ3v) is 5.62. The fourth-order valence-electron chi connectivity index (χ4n) is 2.58. The van der Waals surface area contributed by atoms with Gasteiger partial charge in [0.1, 0.15) is 6.04 Å². The molecule has 2 aromatic rings. The molecule has 0 aliphatic carbocycles. The Morgan fingerprint density at radius 2 is 2.13 bits per heavy atom. The first-order valence-corrected chi connectivity index (χ1v) is 8.43. The van der Waals surface area contributed by atoms with E-state index in [1.54, 1.807) is 36.5 Å². The fourth-order valence-corrected chi connectivity index (χ4v) is 4.16. The molecule has 7 nitrogen and oxygen atoms in total. The second-order valence-electron chi connectivity index (χ2n) is 5.13. The standard InChI is InChI=1S/C15H15N3O4S/c19-15(17-20)14-5-1-2-9-18(14)23(21,22)12-6-7-13-11(10-12)4-3-8-16-13/h1-4,6-8,10,14,20H,5,9H2,(H,17,19). The summed E-state index contributed by atoms with van der Waals surface area (Å²) >= 11 is 0. The Bertz CT molecular complexity index is 879. The molecule has 0 radical (unpaired) electrons. The van der Waals surface area contributed by atoms with Crippen LogP contribution in [-0.2, 0) is 14.8 Å². The second-order valence-corrected chi connectivity index (χ2v) is 7.02. The number of fused-ring (bicyclic) bond motifs is 1. The Morgan fingerprint density at radius 1 is 1.30 bits per heavy atom. The Labute approximate surface area is 133 Å². The van der Waals surface area contributed by atoms with E-state index in [-0.39, 0.29) is 17.9 Å². The topological polar surface area (TPSA) is 99.6 Å². The second kappa shape index (κ2) is 6.07. The highest BCUT2D eigenvalue weighted by molar-refractivity contribution is 7.89. The van der Waals surface area contributed by atoms with Gasteiger partial charge in [-0.1, -0.05) is 18.2 Å². The molecule has 1 aliphatic heterocycles. The number of amides is 1. The number of pyridine rings is 1. The van der Waals surface area contributed by atoms with Crippen LogP contribution in [-0.4, -0.2) is 41.4 Å². The van der Waals surface area contributed by atoms with Crippen LogP contribution in [0.3, 0.4) is 0 Å². The van der Waals surface area contributed by atoms with Gasteiger partial charge in [0.15, 0.2) is 0 Å². The zero-order valence-corrected chi connectivity index (χ0v) is 12.9. The van der Waals surface area contributed by atoms with E-state index < -0.39 is 22.0 Å². The molecule has 1 aliphatic rings. The molecule has 1 amide bonds. The van der Waals surface area contributed by atoms with Crippen LogP contribution < -0.4 is 5.48 Å². The lowest BCUT2D eigenvalue weighted by Crippen LogP contribution is -2.50. The number of hydroxylamine groups is 1. The molecular weight excluding hydrogens is 318 g/mol. The number of rotatable bonds is 3. The summed E-state index contributed by atoms with van der Waals surface area (Å²) in [7, 11) is -3.88. The molecule has 0 spiro atoms. The summed E-state index contributed by atoms with van der Waals surface area (Å²) in [5, 5.41) is 9.53. The molecule has 1 aromatic heterocycles. The largest absolute Gasteiger partial charge is 0.289 e. The van der Waals surface area contributed by atoms with E-state index in [1.807, 2.05) is 0 Å². The SMILES string of the molecule is O=C(NO)C1CC=CCN1S(=O)(=O)c1ccc2ncccc2c1. The number of hydrogen-bond acceptors (Lipinski definition) is 5. The number of aromatic nitrogens is 1. The molecule has 2 heterocycles. The van der Waals surface area contributed by atoms with Crippen molar-refractivity contribution in [2.24, 2.45) is 0 Å². The van der Waals surface area contributed by atoms with Crippen LogP contribution in [0.25, 0.3) is 10.9 Å². The van der Waals surface area contributed by atoms with Crippen LogP contribution in [0.15, 0.2) is 53.6 Å². The maximum absolute atomic E-state index is 12.9. The number of nitrogens with zero attached hydrogens (tertiary/aromatic N) is 2. The Balaban J connectivity index is 2.04. The third kappa shape index (κ3) is 2.83. The van der Waals surface area contributed by atoms with Crippen LogP contribution in [0, 0.1) is 0 Å². The van der Waals surface area contributed by atoms with E-state index in [4.69, 9.17) is 5.21 Å². The smallest absolute Gasteiger partial charge is 0.262 e. The molecule has 0 fully saturated rings. The van der Waals surface area contributed by atoms with E-state index in [0.717, 1.165) is 4.31 Å². The monoisotopic (exact) mass is 333 g/mol. The molecule has 2 N–H and O–H groups in total. The molecule has 120 valence electrons. The van der Waals surface area contributed by atoms with Gasteiger partial charge in [0.2, 0.25) is 10.0 Å². The van der Waals surface area contributed by atoms with Crippen molar-refractivity contribution >= 4 is 26.8 Å². The molecule has 0 bridgehead atoms. The fraction of sp³-hybridized carbons (Fsp3) is 0.200. The highest BCUT2D eigenvalue weighted by Gasteiger charge is 2.36. The summed E-state index contributed by atoms with van der Waals surface area (Å²) < 4.78 is 26.8. The van der Waals surface area contributed by atoms with Crippen molar-refractivity contribution in [1.82, 2.24) is 14.8 Å². The molecule has 0 saturated heterocycles. The summed E-state index contributed by atoms with van der Waals surface area (Å²) in [5.41, 5.74) is 2.22. The van der Waals surface area contributed by atoms with Crippen LogP contribution >= 0.6 is 0 Å². The average molecular weight is 333 g/mol. The van der Waals surface area contributed by atoms with Gasteiger partial charge >= 0.3 is 0 Å². The first-order chi connectivity index (χ1) is 11.0. The predicted octanol–water partition coefficient (Wildman–Crippen LogP) is 1.06. The van der Waals surface area contributed by atoms with Gasteiger partial charge in [-0.05, 0) is 30.7 Å². The van der Waals surface area contributed by atoms with Gasteiger partial charge in [-0.25, -0.2) is 13.9 Å². The normalized spacial score (nSPS) is 18.9. The molecule has 3 rings (SSSR count). The van der Waals surface area contributed by atoms with Crippen molar-refractivity contribution < 1.29 is 18.4 Å². The summed E-state index contributed by atoms with van der Waals surface area (Å²) in [4.78, 5) is 16.0. The number of sulfonamides is 1. The molecular formula is C15H15N3O4S. The zero-order chi connectivity index (χ0) is 16.4. The summed E-state index contributed by atoms with van der Waals surface area (Å²) in [5.74, 6) is -0.750. The van der Waals surface area contributed by atoms with Crippen molar-refractivity contribution in [3.63, 3.8) is 0 Å². The number of hydrogen-bond donors (Lipinski definition) is 2. The average Bonchev–Trinajstić information content (AvgIpc) is 2.60. The number of nitrogens with one attached hydrogen (secondary N) is 1. The highest BCUT2D eigenvalue weighted by Crippen LogP contribution is 2.25. The number of carbonyl (C=O) groups excluding carboxylic acids is 1. The van der Waals surface area contributed by atoms with Crippen LogP contribution in [0.1, 0.15) is 6.42 Å². The van der Waals surface area contributed by atoms with Gasteiger partial charge in [-0.2, -0.15) is 4.31 Å². The minimum Gasteiger partial charge on any atom is -0.289 e.